The number of aliphatic hydroxyl groups excluding tert-OH is 1. The molecule has 1 aliphatic rings. The molecule has 0 atom stereocenters. The van der Waals surface area contributed by atoms with E-state index in [2.05, 4.69) is 39.5 Å². The molecule has 0 amide bonds. The van der Waals surface area contributed by atoms with Gasteiger partial charge in [-0.3, -0.25) is 4.90 Å². The zero-order valence-corrected chi connectivity index (χ0v) is 13.2. The van der Waals surface area contributed by atoms with Gasteiger partial charge >= 0.3 is 0 Å². The van der Waals surface area contributed by atoms with Crippen LogP contribution in [0, 0.1) is 11.3 Å². The Labute approximate surface area is 129 Å². The van der Waals surface area contributed by atoms with Crippen molar-refractivity contribution in [2.24, 2.45) is 0 Å². The van der Waals surface area contributed by atoms with Gasteiger partial charge in [0, 0.05) is 30.5 Å². The van der Waals surface area contributed by atoms with E-state index in [1.54, 1.807) is 0 Å². The molecular weight excluding hydrogens is 316 g/mol. The van der Waals surface area contributed by atoms with Gasteiger partial charge in [-0.1, -0.05) is 52.8 Å². The number of halogens is 1. The van der Waals surface area contributed by atoms with Crippen molar-refractivity contribution in [2.45, 2.75) is 24.3 Å². The molecule has 1 N–H and O–H groups in total. The molecule has 0 saturated carbocycles. The number of hydrogen-bond acceptors (Lipinski definition) is 3. The number of hydrogen-bond donors (Lipinski definition) is 1. The Hall–Kier alpha value is -1.15. The standard InChI is InChI=1S/C9H14N2O.C7H7Br/c1-8(6-10)7-11-4-2-9(12)3-5-11;8-6-7-4-2-1-3-5-7/h9,12H,1-5,7H2;1-5H,6H2. The highest BCUT2D eigenvalue weighted by molar-refractivity contribution is 9.08. The van der Waals surface area contributed by atoms with Crippen LogP contribution in [0.3, 0.4) is 0 Å². The van der Waals surface area contributed by atoms with Crippen LogP contribution in [0.2, 0.25) is 0 Å². The average Bonchev–Trinajstić information content (AvgIpc) is 2.51. The molecule has 0 bridgehead atoms. The minimum atomic E-state index is -0.142. The average molecular weight is 337 g/mol. The van der Waals surface area contributed by atoms with Crippen LogP contribution in [0.25, 0.3) is 0 Å². The molecule has 1 aromatic carbocycles. The molecule has 1 fully saturated rings. The first kappa shape index (κ1) is 16.9. The highest BCUT2D eigenvalue weighted by Crippen LogP contribution is 2.10. The maximum atomic E-state index is 9.20. The van der Waals surface area contributed by atoms with E-state index in [0.717, 1.165) is 31.3 Å². The molecule has 1 saturated heterocycles. The monoisotopic (exact) mass is 336 g/mol. The molecule has 20 heavy (non-hydrogen) atoms. The summed E-state index contributed by atoms with van der Waals surface area (Å²) in [5, 5.41) is 18.6. The highest BCUT2D eigenvalue weighted by Gasteiger charge is 2.16. The molecule has 108 valence electrons. The van der Waals surface area contributed by atoms with Crippen molar-refractivity contribution < 1.29 is 5.11 Å². The lowest BCUT2D eigenvalue weighted by Crippen LogP contribution is -2.36. The van der Waals surface area contributed by atoms with Crippen LogP contribution in [-0.4, -0.2) is 35.7 Å². The van der Waals surface area contributed by atoms with Gasteiger partial charge in [0.1, 0.15) is 0 Å². The number of nitrogens with zero attached hydrogens (tertiary/aromatic N) is 2. The Morgan fingerprint density at radius 3 is 2.40 bits per heavy atom. The minimum absolute atomic E-state index is 0.142. The molecule has 0 radical (unpaired) electrons. The van der Waals surface area contributed by atoms with Gasteiger partial charge in [-0.25, -0.2) is 0 Å². The molecule has 0 aromatic heterocycles. The van der Waals surface area contributed by atoms with Crippen LogP contribution in [0.1, 0.15) is 18.4 Å². The van der Waals surface area contributed by atoms with Crippen LogP contribution in [0.4, 0.5) is 0 Å². The van der Waals surface area contributed by atoms with Gasteiger partial charge in [0.2, 0.25) is 0 Å². The second-order valence-electron chi connectivity index (χ2n) is 4.84. The first-order valence-electron chi connectivity index (χ1n) is 6.74. The number of nitriles is 1. The fraction of sp³-hybridized carbons (Fsp3) is 0.438. The van der Waals surface area contributed by atoms with Gasteiger partial charge in [-0.05, 0) is 18.4 Å². The predicted octanol–water partition coefficient (Wildman–Crippen LogP) is 3.10. The fourth-order valence-corrected chi connectivity index (χ4v) is 2.32. The summed E-state index contributed by atoms with van der Waals surface area (Å²) in [6.45, 7) is 6.03. The summed E-state index contributed by atoms with van der Waals surface area (Å²) in [7, 11) is 0. The molecular formula is C16H21BrN2O. The molecule has 1 heterocycles. The zero-order chi connectivity index (χ0) is 14.8. The van der Waals surface area contributed by atoms with Crippen molar-refractivity contribution in [3.8, 4) is 6.07 Å². The van der Waals surface area contributed by atoms with E-state index in [1.165, 1.54) is 5.56 Å². The third-order valence-electron chi connectivity index (χ3n) is 3.13. The normalized spacial score (nSPS) is 15.8. The number of rotatable bonds is 3. The molecule has 2 rings (SSSR count). The van der Waals surface area contributed by atoms with Gasteiger partial charge < -0.3 is 5.11 Å². The van der Waals surface area contributed by atoms with E-state index < -0.39 is 0 Å². The lowest BCUT2D eigenvalue weighted by molar-refractivity contribution is 0.0873. The summed E-state index contributed by atoms with van der Waals surface area (Å²) < 4.78 is 0. The number of aliphatic hydroxyl groups is 1. The van der Waals surface area contributed by atoms with E-state index in [9.17, 15) is 5.11 Å². The summed E-state index contributed by atoms with van der Waals surface area (Å²) in [6.07, 6.45) is 1.49. The molecule has 1 aromatic rings. The number of likely N-dealkylation sites (tertiary alicyclic amines) is 1. The second kappa shape index (κ2) is 9.71. The lowest BCUT2D eigenvalue weighted by Gasteiger charge is -2.28. The zero-order valence-electron chi connectivity index (χ0n) is 11.6. The van der Waals surface area contributed by atoms with E-state index in [-0.39, 0.29) is 6.10 Å². The molecule has 0 unspecified atom stereocenters. The van der Waals surface area contributed by atoms with Crippen molar-refractivity contribution in [1.29, 1.82) is 5.26 Å². The van der Waals surface area contributed by atoms with Crippen molar-refractivity contribution in [1.82, 2.24) is 4.90 Å². The topological polar surface area (TPSA) is 47.3 Å². The minimum Gasteiger partial charge on any atom is -0.393 e. The third-order valence-corrected chi connectivity index (χ3v) is 3.77. The summed E-state index contributed by atoms with van der Waals surface area (Å²) in [4.78, 5) is 2.15. The fourth-order valence-electron chi connectivity index (χ4n) is 1.95. The Bertz CT molecular complexity index is 434. The van der Waals surface area contributed by atoms with Crippen molar-refractivity contribution in [2.75, 3.05) is 19.6 Å². The Balaban J connectivity index is 0.000000217. The van der Waals surface area contributed by atoms with Crippen molar-refractivity contribution >= 4 is 15.9 Å². The highest BCUT2D eigenvalue weighted by atomic mass is 79.9. The van der Waals surface area contributed by atoms with Gasteiger partial charge in [-0.2, -0.15) is 5.26 Å². The van der Waals surface area contributed by atoms with Crippen LogP contribution < -0.4 is 0 Å². The molecule has 3 nitrogen and oxygen atoms in total. The van der Waals surface area contributed by atoms with Crippen molar-refractivity contribution in [3.63, 3.8) is 0 Å². The Morgan fingerprint density at radius 1 is 1.35 bits per heavy atom. The van der Waals surface area contributed by atoms with E-state index in [4.69, 9.17) is 5.26 Å². The Morgan fingerprint density at radius 2 is 1.95 bits per heavy atom. The lowest BCUT2D eigenvalue weighted by atomic mass is 10.1. The van der Waals surface area contributed by atoms with Crippen LogP contribution >= 0.6 is 15.9 Å². The van der Waals surface area contributed by atoms with E-state index in [1.807, 2.05) is 24.3 Å². The van der Waals surface area contributed by atoms with Gasteiger partial charge in [-0.15, -0.1) is 0 Å². The molecule has 0 spiro atoms. The summed E-state index contributed by atoms with van der Waals surface area (Å²) in [5.74, 6) is 0. The van der Waals surface area contributed by atoms with Gasteiger partial charge in [0.15, 0.2) is 0 Å². The first-order valence-corrected chi connectivity index (χ1v) is 7.86. The third kappa shape index (κ3) is 6.85. The summed E-state index contributed by atoms with van der Waals surface area (Å²) in [6, 6.07) is 12.3. The number of benzene rings is 1. The summed E-state index contributed by atoms with van der Waals surface area (Å²) in [5.41, 5.74) is 1.93. The second-order valence-corrected chi connectivity index (χ2v) is 5.40. The van der Waals surface area contributed by atoms with Crippen LogP contribution in [0.5, 0.6) is 0 Å². The quantitative estimate of drug-likeness (QED) is 0.681. The predicted molar refractivity (Wildman–Crippen MR) is 85.5 cm³/mol. The molecule has 4 heteroatoms. The smallest absolute Gasteiger partial charge is 0.0954 e. The largest absolute Gasteiger partial charge is 0.393 e. The van der Waals surface area contributed by atoms with Gasteiger partial charge in [0.25, 0.3) is 0 Å². The maximum Gasteiger partial charge on any atom is 0.0954 e. The summed E-state index contributed by atoms with van der Waals surface area (Å²) >= 11 is 3.36. The number of alkyl halides is 1. The Kier molecular flexibility index (Phi) is 8.20. The molecule has 1 aliphatic heterocycles. The van der Waals surface area contributed by atoms with E-state index in [0.29, 0.717) is 12.1 Å². The van der Waals surface area contributed by atoms with Crippen LogP contribution in [-0.2, 0) is 5.33 Å². The van der Waals surface area contributed by atoms with Crippen molar-refractivity contribution in [3.05, 3.63) is 48.0 Å². The SMILES string of the molecule is BrCc1ccccc1.C=C(C#N)CN1CCC(O)CC1. The first-order chi connectivity index (χ1) is 9.65. The van der Waals surface area contributed by atoms with Crippen LogP contribution in [0.15, 0.2) is 42.5 Å². The van der Waals surface area contributed by atoms with Gasteiger partial charge in [0.05, 0.1) is 12.2 Å². The van der Waals surface area contributed by atoms with E-state index >= 15 is 0 Å². The maximum absolute atomic E-state index is 9.20. The molecule has 0 aliphatic carbocycles. The number of piperidine rings is 1.